The summed E-state index contributed by atoms with van der Waals surface area (Å²) >= 11 is 0. The maximum atomic E-state index is 11.5. The van der Waals surface area contributed by atoms with Crippen molar-refractivity contribution >= 4 is 23.3 Å². The number of nitro groups is 1. The van der Waals surface area contributed by atoms with Gasteiger partial charge in [0.05, 0.1) is 17.1 Å². The van der Waals surface area contributed by atoms with Crippen LogP contribution in [0.1, 0.15) is 39.5 Å². The highest BCUT2D eigenvalue weighted by Gasteiger charge is 2.31. The van der Waals surface area contributed by atoms with E-state index in [1.54, 1.807) is 0 Å². The Morgan fingerprint density at radius 1 is 1.08 bits per heavy atom. The van der Waals surface area contributed by atoms with Crippen molar-refractivity contribution in [2.24, 2.45) is 0 Å². The van der Waals surface area contributed by atoms with E-state index in [4.69, 9.17) is 10.5 Å². The number of rotatable bonds is 3. The molecule has 2 saturated heterocycles. The highest BCUT2D eigenvalue weighted by atomic mass is 16.6. The Morgan fingerprint density at radius 3 is 2.24 bits per heavy atom. The Hall–Kier alpha value is -2.16. The highest BCUT2D eigenvalue weighted by molar-refractivity contribution is 5.71. The Bertz CT molecular complexity index is 623. The predicted molar refractivity (Wildman–Crippen MR) is 96.0 cm³/mol. The van der Waals surface area contributed by atoms with E-state index in [1.807, 2.05) is 23.6 Å². The zero-order chi connectivity index (χ0) is 18.0. The molecule has 25 heavy (non-hydrogen) atoms. The van der Waals surface area contributed by atoms with E-state index in [2.05, 4.69) is 9.97 Å². The molecule has 1 aromatic heterocycles. The second-order valence-electron chi connectivity index (χ2n) is 6.90. The summed E-state index contributed by atoms with van der Waals surface area (Å²) in [7, 11) is 0. The van der Waals surface area contributed by atoms with Crippen molar-refractivity contribution in [3.63, 3.8) is 0 Å². The van der Waals surface area contributed by atoms with Gasteiger partial charge in [-0.05, 0) is 26.7 Å². The van der Waals surface area contributed by atoms with Crippen LogP contribution < -0.4 is 15.5 Å². The van der Waals surface area contributed by atoms with Gasteiger partial charge >= 0.3 is 5.69 Å². The van der Waals surface area contributed by atoms with Gasteiger partial charge in [0, 0.05) is 26.2 Å². The molecule has 0 spiro atoms. The van der Waals surface area contributed by atoms with Gasteiger partial charge in [0.25, 0.3) is 0 Å². The zero-order valence-corrected chi connectivity index (χ0v) is 14.8. The van der Waals surface area contributed by atoms with Gasteiger partial charge in [0.2, 0.25) is 17.6 Å². The van der Waals surface area contributed by atoms with E-state index in [0.29, 0.717) is 24.9 Å². The van der Waals surface area contributed by atoms with Crippen LogP contribution in [0.4, 0.5) is 23.3 Å². The molecule has 138 valence electrons. The van der Waals surface area contributed by atoms with E-state index >= 15 is 0 Å². The molecule has 3 rings (SSSR count). The first kappa shape index (κ1) is 17.7. The first-order valence-electron chi connectivity index (χ1n) is 8.93. The molecule has 0 amide bonds. The molecule has 1 aromatic rings. The number of nitrogen functional groups attached to an aromatic ring is 1. The molecule has 0 aliphatic carbocycles. The molecule has 0 bridgehead atoms. The maximum absolute atomic E-state index is 11.5. The second-order valence-corrected chi connectivity index (χ2v) is 6.90. The lowest BCUT2D eigenvalue weighted by atomic mass is 10.2. The molecule has 2 unspecified atom stereocenters. The van der Waals surface area contributed by atoms with Crippen molar-refractivity contribution in [1.82, 2.24) is 9.97 Å². The molecule has 2 fully saturated rings. The average molecular weight is 350 g/mol. The maximum Gasteiger partial charge on any atom is 0.353 e. The van der Waals surface area contributed by atoms with Crippen molar-refractivity contribution in [1.29, 1.82) is 0 Å². The fourth-order valence-electron chi connectivity index (χ4n) is 3.61. The second kappa shape index (κ2) is 7.38. The van der Waals surface area contributed by atoms with Crippen LogP contribution in [-0.2, 0) is 4.74 Å². The number of hydrogen-bond donors (Lipinski definition) is 1. The van der Waals surface area contributed by atoms with Crippen molar-refractivity contribution in [2.45, 2.75) is 51.7 Å². The van der Waals surface area contributed by atoms with Gasteiger partial charge in [0.15, 0.2) is 0 Å². The lowest BCUT2D eigenvalue weighted by Gasteiger charge is -2.35. The molecule has 2 aliphatic heterocycles. The largest absolute Gasteiger partial charge is 0.378 e. The van der Waals surface area contributed by atoms with Crippen LogP contribution >= 0.6 is 0 Å². The van der Waals surface area contributed by atoms with Gasteiger partial charge in [0.1, 0.15) is 0 Å². The van der Waals surface area contributed by atoms with Crippen molar-refractivity contribution < 1.29 is 9.66 Å². The lowest BCUT2D eigenvalue weighted by Crippen LogP contribution is -2.46. The van der Waals surface area contributed by atoms with E-state index in [1.165, 1.54) is 0 Å². The van der Waals surface area contributed by atoms with Crippen LogP contribution in [-0.4, -0.2) is 53.3 Å². The molecule has 2 N–H and O–H groups in total. The number of morpholine rings is 1. The first-order valence-corrected chi connectivity index (χ1v) is 8.93. The standard InChI is InChI=1S/C16H26N6O3/c1-11-9-21(10-12(2)25-11)16-18-14(17)13(22(23)24)15(19-16)20-7-5-3-4-6-8-20/h11-12H,3-10H2,1-2H3,(H2,17,18,19). The third-order valence-electron chi connectivity index (χ3n) is 4.67. The minimum absolute atomic E-state index is 0.0467. The van der Waals surface area contributed by atoms with Crippen molar-refractivity contribution in [2.75, 3.05) is 41.7 Å². The van der Waals surface area contributed by atoms with E-state index < -0.39 is 4.92 Å². The smallest absolute Gasteiger partial charge is 0.353 e. The minimum Gasteiger partial charge on any atom is -0.378 e. The number of nitrogens with zero attached hydrogens (tertiary/aromatic N) is 5. The van der Waals surface area contributed by atoms with Crippen molar-refractivity contribution in [3.05, 3.63) is 10.1 Å². The van der Waals surface area contributed by atoms with E-state index in [0.717, 1.165) is 38.8 Å². The van der Waals surface area contributed by atoms with Crippen LogP contribution in [0.5, 0.6) is 0 Å². The topological polar surface area (TPSA) is 111 Å². The quantitative estimate of drug-likeness (QED) is 0.650. The SMILES string of the molecule is CC1CN(c2nc(N)c([N+](=O)[O-])c(N3CCCCCC3)n2)CC(C)O1. The van der Waals surface area contributed by atoms with Gasteiger partial charge < -0.3 is 20.3 Å². The summed E-state index contributed by atoms with van der Waals surface area (Å²) in [6.45, 7) is 6.78. The number of ether oxygens (including phenoxy) is 1. The number of anilines is 3. The number of nitrogens with two attached hydrogens (primary N) is 1. The first-order chi connectivity index (χ1) is 12.0. The van der Waals surface area contributed by atoms with Crippen LogP contribution in [0, 0.1) is 10.1 Å². The Labute approximate surface area is 147 Å². The molecule has 0 radical (unpaired) electrons. The molecule has 9 nitrogen and oxygen atoms in total. The summed E-state index contributed by atoms with van der Waals surface area (Å²) in [5.41, 5.74) is 5.79. The Balaban J connectivity index is 1.99. The third kappa shape index (κ3) is 3.92. The Morgan fingerprint density at radius 2 is 1.68 bits per heavy atom. The number of aromatic nitrogens is 2. The molecule has 3 heterocycles. The summed E-state index contributed by atoms with van der Waals surface area (Å²) in [5, 5.41) is 11.5. The average Bonchev–Trinajstić information content (AvgIpc) is 2.82. The number of hydrogen-bond acceptors (Lipinski definition) is 8. The molecule has 2 atom stereocenters. The summed E-state index contributed by atoms with van der Waals surface area (Å²) in [6.07, 6.45) is 4.37. The van der Waals surface area contributed by atoms with Crippen LogP contribution in [0.3, 0.4) is 0 Å². The van der Waals surface area contributed by atoms with Gasteiger partial charge in [-0.3, -0.25) is 10.1 Å². The third-order valence-corrected chi connectivity index (χ3v) is 4.67. The summed E-state index contributed by atoms with van der Waals surface area (Å²) < 4.78 is 5.75. The summed E-state index contributed by atoms with van der Waals surface area (Å²) in [6, 6.07) is 0. The molecule has 0 aromatic carbocycles. The Kier molecular flexibility index (Phi) is 5.22. The fraction of sp³-hybridized carbons (Fsp3) is 0.750. The highest BCUT2D eigenvalue weighted by Crippen LogP contribution is 2.34. The van der Waals surface area contributed by atoms with Gasteiger partial charge in [-0.25, -0.2) is 0 Å². The van der Waals surface area contributed by atoms with Crippen LogP contribution in [0.2, 0.25) is 0 Å². The van der Waals surface area contributed by atoms with E-state index in [-0.39, 0.29) is 23.7 Å². The normalized spacial score (nSPS) is 24.9. The minimum atomic E-state index is -0.468. The molecule has 2 aliphatic rings. The van der Waals surface area contributed by atoms with E-state index in [9.17, 15) is 10.1 Å². The summed E-state index contributed by atoms with van der Waals surface area (Å²) in [5.74, 6) is 0.728. The fourth-order valence-corrected chi connectivity index (χ4v) is 3.61. The summed E-state index contributed by atoms with van der Waals surface area (Å²) in [4.78, 5) is 23.9. The van der Waals surface area contributed by atoms with Gasteiger partial charge in [-0.15, -0.1) is 0 Å². The lowest BCUT2D eigenvalue weighted by molar-refractivity contribution is -0.383. The monoisotopic (exact) mass is 350 g/mol. The molecular weight excluding hydrogens is 324 g/mol. The van der Waals surface area contributed by atoms with Crippen LogP contribution in [0.15, 0.2) is 0 Å². The molecule has 9 heteroatoms. The predicted octanol–water partition coefficient (Wildman–Crippen LogP) is 1.96. The van der Waals surface area contributed by atoms with Crippen LogP contribution in [0.25, 0.3) is 0 Å². The van der Waals surface area contributed by atoms with Crippen molar-refractivity contribution in [3.8, 4) is 0 Å². The van der Waals surface area contributed by atoms with Gasteiger partial charge in [-0.1, -0.05) is 12.8 Å². The molecular formula is C16H26N6O3. The molecule has 0 saturated carbocycles. The zero-order valence-electron chi connectivity index (χ0n) is 14.8. The van der Waals surface area contributed by atoms with Gasteiger partial charge in [-0.2, -0.15) is 9.97 Å².